The van der Waals surface area contributed by atoms with Gasteiger partial charge in [0.2, 0.25) is 24.2 Å². The number of halogens is 2. The van der Waals surface area contributed by atoms with E-state index in [2.05, 4.69) is 24.8 Å². The average molecular weight is 523 g/mol. The van der Waals surface area contributed by atoms with Crippen LogP contribution in [0.3, 0.4) is 0 Å². The first kappa shape index (κ1) is 25.5. The van der Waals surface area contributed by atoms with Crippen molar-refractivity contribution >= 4 is 29.4 Å². The van der Waals surface area contributed by atoms with Crippen molar-refractivity contribution in [2.24, 2.45) is 0 Å². The first-order chi connectivity index (χ1) is 16.6. The summed E-state index contributed by atoms with van der Waals surface area (Å²) in [5.41, 5.74) is -1.68. The number of nitrogens with zero attached hydrogens (tertiary/aromatic N) is 5. The zero-order chi connectivity index (χ0) is 25.7. The van der Waals surface area contributed by atoms with Crippen LogP contribution in [0.15, 0.2) is 27.8 Å². The lowest BCUT2D eigenvalue weighted by Crippen LogP contribution is -2.33. The number of hydrogen-bond donors (Lipinski definition) is 1. The highest BCUT2D eigenvalue weighted by Gasteiger charge is 2.18. The molecule has 0 radical (unpaired) electrons. The number of aromatic nitrogens is 5. The van der Waals surface area contributed by atoms with Gasteiger partial charge in [-0.1, -0.05) is 37.0 Å². The summed E-state index contributed by atoms with van der Waals surface area (Å²) in [6.07, 6.45) is -0.917. The molecule has 35 heavy (non-hydrogen) atoms. The van der Waals surface area contributed by atoms with Crippen molar-refractivity contribution in [1.29, 1.82) is 5.26 Å². The number of nitriles is 1. The van der Waals surface area contributed by atoms with E-state index in [1.165, 1.54) is 12.1 Å². The summed E-state index contributed by atoms with van der Waals surface area (Å²) in [6.45, 7) is 3.30. The van der Waals surface area contributed by atoms with Crippen LogP contribution in [0.2, 0.25) is 10.0 Å². The van der Waals surface area contributed by atoms with E-state index in [-0.39, 0.29) is 39.2 Å². The lowest BCUT2D eigenvalue weighted by molar-refractivity contribution is 0.0123. The molecule has 13 nitrogen and oxygen atoms in total. The molecule has 0 bridgehead atoms. The van der Waals surface area contributed by atoms with Crippen LogP contribution in [0.5, 0.6) is 17.5 Å². The van der Waals surface area contributed by atoms with E-state index in [9.17, 15) is 14.4 Å². The molecular weight excluding hydrogens is 507 g/mol. The van der Waals surface area contributed by atoms with Gasteiger partial charge in [0.1, 0.15) is 6.07 Å². The predicted octanol–water partition coefficient (Wildman–Crippen LogP) is 2.92. The smallest absolute Gasteiger partial charge is 0.438 e. The molecule has 0 unspecified atom stereocenters. The van der Waals surface area contributed by atoms with Gasteiger partial charge in [-0.05, 0) is 18.1 Å². The summed E-state index contributed by atoms with van der Waals surface area (Å²) in [7, 11) is 1.16. The van der Waals surface area contributed by atoms with Crippen LogP contribution in [-0.2, 0) is 9.47 Å². The second-order valence-electron chi connectivity index (χ2n) is 6.93. The Kier molecular flexibility index (Phi) is 7.90. The lowest BCUT2D eigenvalue weighted by atomic mass is 10.1. The lowest BCUT2D eigenvalue weighted by Gasteiger charge is -2.15. The summed E-state index contributed by atoms with van der Waals surface area (Å²) in [5, 5.41) is 20.5. The SMILES string of the molecule is COC(=O)OCOc1nnc(Oc2c(Cl)cc(-n3nc(C#N)c(=O)[nH]c3=O)cc2Cl)cc1C(C)C. The molecule has 182 valence electrons. The minimum atomic E-state index is -0.922. The van der Waals surface area contributed by atoms with Gasteiger partial charge >= 0.3 is 11.8 Å². The van der Waals surface area contributed by atoms with Crippen molar-refractivity contribution in [1.82, 2.24) is 25.0 Å². The Balaban J connectivity index is 1.90. The van der Waals surface area contributed by atoms with E-state index in [1.54, 1.807) is 12.1 Å². The second kappa shape index (κ2) is 10.9. The molecule has 15 heteroatoms. The Hall–Kier alpha value is -4.15. The minimum Gasteiger partial charge on any atom is -0.438 e. The summed E-state index contributed by atoms with van der Waals surface area (Å²) in [4.78, 5) is 36.7. The fourth-order valence-corrected chi connectivity index (χ4v) is 3.22. The summed E-state index contributed by atoms with van der Waals surface area (Å²) in [6, 6.07) is 5.73. The maximum absolute atomic E-state index is 12.1. The first-order valence-corrected chi connectivity index (χ1v) is 10.4. The van der Waals surface area contributed by atoms with Crippen molar-refractivity contribution in [3.05, 3.63) is 60.3 Å². The Bertz CT molecular complexity index is 1410. The molecule has 0 aliphatic carbocycles. The standard InChI is InChI=1S/C20H16Cl2N6O7/c1-9(2)11-6-15(25-26-18(11)33-8-34-20(31)32-3)35-16-12(21)4-10(5-13(16)22)28-19(30)24-17(29)14(7-23)27-28/h4-6,9H,8H2,1-3H3,(H,24,29,30). The van der Waals surface area contributed by atoms with E-state index < -0.39 is 29.9 Å². The van der Waals surface area contributed by atoms with Crippen molar-refractivity contribution in [2.45, 2.75) is 19.8 Å². The third-order valence-corrected chi connectivity index (χ3v) is 4.86. The van der Waals surface area contributed by atoms with Crippen LogP contribution in [0.1, 0.15) is 31.0 Å². The van der Waals surface area contributed by atoms with Gasteiger partial charge in [-0.3, -0.25) is 9.78 Å². The molecule has 0 aliphatic rings. The molecule has 0 aliphatic heterocycles. The number of H-pyrrole nitrogens is 1. The zero-order valence-corrected chi connectivity index (χ0v) is 19.9. The molecule has 0 atom stereocenters. The number of rotatable bonds is 7. The van der Waals surface area contributed by atoms with E-state index in [0.717, 1.165) is 11.8 Å². The fraction of sp³-hybridized carbons (Fsp3) is 0.250. The van der Waals surface area contributed by atoms with Gasteiger partial charge in [-0.15, -0.1) is 15.3 Å². The number of benzene rings is 1. The van der Waals surface area contributed by atoms with Gasteiger partial charge in [-0.25, -0.2) is 9.59 Å². The zero-order valence-electron chi connectivity index (χ0n) is 18.4. The normalized spacial score (nSPS) is 10.5. The van der Waals surface area contributed by atoms with Gasteiger partial charge in [-0.2, -0.15) is 9.94 Å². The van der Waals surface area contributed by atoms with Crippen molar-refractivity contribution in [3.63, 3.8) is 0 Å². The number of hydrogen-bond acceptors (Lipinski definition) is 11. The summed E-state index contributed by atoms with van der Waals surface area (Å²) < 4.78 is 20.9. The molecule has 0 saturated heterocycles. The molecule has 0 amide bonds. The van der Waals surface area contributed by atoms with Crippen LogP contribution < -0.4 is 20.7 Å². The number of aromatic amines is 1. The van der Waals surface area contributed by atoms with Crippen LogP contribution >= 0.6 is 23.2 Å². The topological polar surface area (TPSA) is 171 Å². The third kappa shape index (κ3) is 5.86. The van der Waals surface area contributed by atoms with Crippen LogP contribution in [0.4, 0.5) is 4.79 Å². The predicted molar refractivity (Wildman–Crippen MR) is 120 cm³/mol. The monoisotopic (exact) mass is 522 g/mol. The molecule has 0 spiro atoms. The third-order valence-electron chi connectivity index (χ3n) is 4.29. The molecule has 3 aromatic rings. The number of methoxy groups -OCH3 is 1. The van der Waals surface area contributed by atoms with Crippen LogP contribution in [0, 0.1) is 11.3 Å². The Morgan fingerprint density at radius 1 is 1.20 bits per heavy atom. The van der Waals surface area contributed by atoms with Crippen LogP contribution in [-0.4, -0.2) is 45.0 Å². The van der Waals surface area contributed by atoms with Gasteiger partial charge in [0.15, 0.2) is 5.75 Å². The Labute approximate surface area is 206 Å². The molecule has 0 fully saturated rings. The van der Waals surface area contributed by atoms with Crippen molar-refractivity contribution < 1.29 is 23.7 Å². The number of carbonyl (C=O) groups excluding carboxylic acids is 1. The van der Waals surface area contributed by atoms with Gasteiger partial charge < -0.3 is 18.9 Å². The highest BCUT2D eigenvalue weighted by atomic mass is 35.5. The number of ether oxygens (including phenoxy) is 4. The first-order valence-electron chi connectivity index (χ1n) is 9.66. The minimum absolute atomic E-state index is 0.00163. The highest BCUT2D eigenvalue weighted by molar-refractivity contribution is 6.37. The van der Waals surface area contributed by atoms with E-state index in [0.29, 0.717) is 5.56 Å². The number of nitrogens with one attached hydrogen (secondary N) is 1. The molecule has 1 aromatic carbocycles. The largest absolute Gasteiger partial charge is 0.510 e. The van der Waals surface area contributed by atoms with Crippen molar-refractivity contribution in [3.8, 4) is 29.3 Å². The van der Waals surface area contributed by atoms with Crippen LogP contribution in [0.25, 0.3) is 5.69 Å². The van der Waals surface area contributed by atoms with Gasteiger partial charge in [0.25, 0.3) is 5.56 Å². The second-order valence-corrected chi connectivity index (χ2v) is 7.74. The summed E-state index contributed by atoms with van der Waals surface area (Å²) >= 11 is 12.6. The number of carbonyl (C=O) groups is 1. The highest BCUT2D eigenvalue weighted by Crippen LogP contribution is 2.38. The molecule has 1 N–H and O–H groups in total. The quantitative estimate of drug-likeness (QED) is 0.357. The van der Waals surface area contributed by atoms with E-state index in [4.69, 9.17) is 37.9 Å². The van der Waals surface area contributed by atoms with E-state index >= 15 is 0 Å². The maximum atomic E-state index is 12.1. The Morgan fingerprint density at radius 3 is 2.49 bits per heavy atom. The maximum Gasteiger partial charge on any atom is 0.510 e. The van der Waals surface area contributed by atoms with Gasteiger partial charge in [0, 0.05) is 11.6 Å². The van der Waals surface area contributed by atoms with E-state index in [1.807, 2.05) is 18.8 Å². The Morgan fingerprint density at radius 2 is 1.89 bits per heavy atom. The molecule has 3 rings (SSSR count). The molecule has 2 heterocycles. The van der Waals surface area contributed by atoms with Crippen molar-refractivity contribution in [2.75, 3.05) is 13.9 Å². The summed E-state index contributed by atoms with van der Waals surface area (Å²) in [5.74, 6) is 0.0572. The van der Waals surface area contributed by atoms with Gasteiger partial charge in [0.05, 0.1) is 22.8 Å². The molecule has 0 saturated carbocycles. The average Bonchev–Trinajstić information content (AvgIpc) is 2.81. The molecule has 2 aromatic heterocycles. The fourth-order valence-electron chi connectivity index (χ4n) is 2.66. The molecular formula is C20H16Cl2N6O7.